The summed E-state index contributed by atoms with van der Waals surface area (Å²) in [5.74, 6) is 0.119. The van der Waals surface area contributed by atoms with Crippen molar-refractivity contribution in [1.82, 2.24) is 0 Å². The van der Waals surface area contributed by atoms with E-state index in [0.717, 1.165) is 0 Å². The first-order valence-corrected chi connectivity index (χ1v) is 9.77. The molecule has 0 atom stereocenters. The van der Waals surface area contributed by atoms with Crippen molar-refractivity contribution in [3.63, 3.8) is 0 Å². The highest BCUT2D eigenvalue weighted by Crippen LogP contribution is 2.31. The second-order valence-electron chi connectivity index (χ2n) is 6.81. The maximum Gasteiger partial charge on any atom is 0.291 e. The van der Waals surface area contributed by atoms with Gasteiger partial charge in [0.25, 0.3) is 11.6 Å². The van der Waals surface area contributed by atoms with Crippen LogP contribution >= 0.6 is 0 Å². The zero-order valence-corrected chi connectivity index (χ0v) is 17.1. The summed E-state index contributed by atoms with van der Waals surface area (Å²) >= 11 is 0. The van der Waals surface area contributed by atoms with Crippen LogP contribution in [-0.2, 0) is 4.79 Å². The van der Waals surface area contributed by atoms with Crippen molar-refractivity contribution in [2.24, 2.45) is 0 Å². The smallest absolute Gasteiger partial charge is 0.291 e. The number of rotatable bonds is 7. The molecular formula is C24H17N3O6. The number of nitro groups is 1. The lowest BCUT2D eigenvalue weighted by Crippen LogP contribution is -2.11. The molecule has 0 aliphatic carbocycles. The van der Waals surface area contributed by atoms with Gasteiger partial charge >= 0.3 is 0 Å². The average Bonchev–Trinajstić information content (AvgIpc) is 3.51. The largest absolute Gasteiger partial charge is 0.459 e. The minimum atomic E-state index is -0.478. The molecule has 0 spiro atoms. The number of furan rings is 2. The lowest BCUT2D eigenvalue weighted by molar-refractivity contribution is -0.384. The van der Waals surface area contributed by atoms with E-state index in [0.29, 0.717) is 28.5 Å². The molecule has 0 aliphatic heterocycles. The van der Waals surface area contributed by atoms with E-state index in [9.17, 15) is 19.7 Å². The lowest BCUT2D eigenvalue weighted by Gasteiger charge is -2.05. The van der Waals surface area contributed by atoms with Crippen molar-refractivity contribution in [2.75, 3.05) is 10.6 Å². The summed E-state index contributed by atoms with van der Waals surface area (Å²) in [5.41, 5.74) is 1.36. The van der Waals surface area contributed by atoms with E-state index in [1.165, 1.54) is 24.5 Å². The Morgan fingerprint density at radius 3 is 2.30 bits per heavy atom. The molecule has 4 rings (SSSR count). The molecule has 0 saturated heterocycles. The molecule has 4 aromatic rings. The van der Waals surface area contributed by atoms with Gasteiger partial charge in [0.1, 0.15) is 11.5 Å². The summed E-state index contributed by atoms with van der Waals surface area (Å²) in [4.78, 5) is 34.9. The number of anilines is 2. The molecule has 2 aromatic heterocycles. The van der Waals surface area contributed by atoms with Crippen LogP contribution in [0.1, 0.15) is 16.3 Å². The van der Waals surface area contributed by atoms with E-state index >= 15 is 0 Å². The second-order valence-corrected chi connectivity index (χ2v) is 6.81. The summed E-state index contributed by atoms with van der Waals surface area (Å²) in [5, 5.41) is 16.6. The Kier molecular flexibility index (Phi) is 6.12. The van der Waals surface area contributed by atoms with Gasteiger partial charge in [0.15, 0.2) is 5.76 Å². The highest BCUT2D eigenvalue weighted by Gasteiger charge is 2.16. The van der Waals surface area contributed by atoms with Gasteiger partial charge in [-0.3, -0.25) is 19.7 Å². The van der Waals surface area contributed by atoms with E-state index in [4.69, 9.17) is 8.83 Å². The minimum Gasteiger partial charge on any atom is -0.459 e. The third-order valence-corrected chi connectivity index (χ3v) is 4.55. The maximum atomic E-state index is 12.2. The van der Waals surface area contributed by atoms with Crippen LogP contribution in [0.2, 0.25) is 0 Å². The molecule has 2 amide bonds. The fraction of sp³-hybridized carbons (Fsp3) is 0. The van der Waals surface area contributed by atoms with Gasteiger partial charge in [-0.25, -0.2) is 0 Å². The number of hydrogen-bond donors (Lipinski definition) is 2. The van der Waals surface area contributed by atoms with Crippen molar-refractivity contribution in [3.05, 3.63) is 107 Å². The summed E-state index contributed by atoms with van der Waals surface area (Å²) in [6, 6.07) is 19.2. The molecule has 33 heavy (non-hydrogen) atoms. The number of benzene rings is 2. The first-order valence-electron chi connectivity index (χ1n) is 9.77. The van der Waals surface area contributed by atoms with Crippen LogP contribution in [0.15, 0.2) is 94.0 Å². The molecule has 9 heteroatoms. The zero-order valence-electron chi connectivity index (χ0n) is 17.1. The highest BCUT2D eigenvalue weighted by molar-refractivity contribution is 6.03. The maximum absolute atomic E-state index is 12.2. The second kappa shape index (κ2) is 9.48. The number of nitro benzene ring substituents is 1. The topological polar surface area (TPSA) is 128 Å². The van der Waals surface area contributed by atoms with Crippen LogP contribution in [0.5, 0.6) is 0 Å². The van der Waals surface area contributed by atoms with Crippen LogP contribution in [0.4, 0.5) is 17.1 Å². The van der Waals surface area contributed by atoms with Gasteiger partial charge in [-0.15, -0.1) is 0 Å². The molecule has 0 fully saturated rings. The summed E-state index contributed by atoms with van der Waals surface area (Å²) in [6.07, 6.45) is 4.16. The van der Waals surface area contributed by atoms with Crippen LogP contribution < -0.4 is 10.6 Å². The van der Waals surface area contributed by atoms with Crippen molar-refractivity contribution in [3.8, 4) is 11.3 Å². The number of amides is 2. The summed E-state index contributed by atoms with van der Waals surface area (Å²) < 4.78 is 10.7. The molecule has 0 bridgehead atoms. The van der Waals surface area contributed by atoms with Crippen molar-refractivity contribution in [1.29, 1.82) is 0 Å². The summed E-state index contributed by atoms with van der Waals surface area (Å²) in [6.45, 7) is 0. The van der Waals surface area contributed by atoms with E-state index < -0.39 is 10.8 Å². The van der Waals surface area contributed by atoms with Crippen molar-refractivity contribution < 1.29 is 23.3 Å². The minimum absolute atomic E-state index is 0.0658. The summed E-state index contributed by atoms with van der Waals surface area (Å²) in [7, 11) is 0. The van der Waals surface area contributed by atoms with Crippen LogP contribution in [0.3, 0.4) is 0 Å². The van der Waals surface area contributed by atoms with Gasteiger partial charge in [0.05, 0.1) is 16.7 Å². The quantitative estimate of drug-likeness (QED) is 0.225. The standard InChI is InChI=1S/C24H17N3O6/c28-23(25-16-7-9-17(10-8-16)26-24(29)22-6-3-15-32-22)14-12-18-11-13-21(33-18)19-4-1-2-5-20(19)27(30)31/h1-15H,(H,25,28)(H,26,29)/b14-12+. The Hall–Kier alpha value is -4.92. The zero-order chi connectivity index (χ0) is 23.2. The Morgan fingerprint density at radius 2 is 1.61 bits per heavy atom. The van der Waals surface area contributed by atoms with Gasteiger partial charge in [-0.1, -0.05) is 12.1 Å². The monoisotopic (exact) mass is 443 g/mol. The average molecular weight is 443 g/mol. The lowest BCUT2D eigenvalue weighted by atomic mass is 10.1. The fourth-order valence-electron chi connectivity index (χ4n) is 3.01. The molecule has 164 valence electrons. The molecular weight excluding hydrogens is 426 g/mol. The van der Waals surface area contributed by atoms with Crippen molar-refractivity contribution in [2.45, 2.75) is 0 Å². The van der Waals surface area contributed by atoms with Gasteiger partial charge in [0.2, 0.25) is 5.91 Å². The molecule has 0 unspecified atom stereocenters. The Morgan fingerprint density at radius 1 is 0.879 bits per heavy atom. The fourth-order valence-corrected chi connectivity index (χ4v) is 3.01. The molecule has 2 heterocycles. The van der Waals surface area contributed by atoms with E-state index in [1.54, 1.807) is 66.7 Å². The van der Waals surface area contributed by atoms with E-state index in [2.05, 4.69) is 10.6 Å². The number of carbonyl (C=O) groups excluding carboxylic acids is 2. The molecule has 2 N–H and O–H groups in total. The van der Waals surface area contributed by atoms with Crippen LogP contribution in [0.25, 0.3) is 17.4 Å². The number of nitrogens with zero attached hydrogens (tertiary/aromatic N) is 1. The molecule has 2 aromatic carbocycles. The van der Waals surface area contributed by atoms with Crippen LogP contribution in [0, 0.1) is 10.1 Å². The van der Waals surface area contributed by atoms with Gasteiger partial charge < -0.3 is 19.5 Å². The first kappa shape index (κ1) is 21.3. The van der Waals surface area contributed by atoms with Crippen molar-refractivity contribution >= 4 is 35.0 Å². The Bertz CT molecular complexity index is 1320. The molecule has 9 nitrogen and oxygen atoms in total. The van der Waals surface area contributed by atoms with Gasteiger partial charge in [-0.2, -0.15) is 0 Å². The number of carbonyl (C=O) groups is 2. The van der Waals surface area contributed by atoms with E-state index in [1.807, 2.05) is 0 Å². The molecule has 0 radical (unpaired) electrons. The van der Waals surface area contributed by atoms with Gasteiger partial charge in [-0.05, 0) is 60.7 Å². The molecule has 0 saturated carbocycles. The number of para-hydroxylation sites is 1. The predicted octanol–water partition coefficient (Wildman–Crippen LogP) is 5.35. The third kappa shape index (κ3) is 5.23. The predicted molar refractivity (Wildman–Crippen MR) is 122 cm³/mol. The molecule has 0 aliphatic rings. The Balaban J connectivity index is 1.36. The Labute approximate surface area is 187 Å². The van der Waals surface area contributed by atoms with E-state index in [-0.39, 0.29) is 17.4 Å². The van der Waals surface area contributed by atoms with Gasteiger partial charge in [0, 0.05) is 23.5 Å². The number of hydrogen-bond acceptors (Lipinski definition) is 6. The SMILES string of the molecule is O=C(/C=C/c1ccc(-c2ccccc2[N+](=O)[O-])o1)Nc1ccc(NC(=O)c2ccco2)cc1. The third-order valence-electron chi connectivity index (χ3n) is 4.55. The highest BCUT2D eigenvalue weighted by atomic mass is 16.6. The number of nitrogens with one attached hydrogen (secondary N) is 2. The van der Waals surface area contributed by atoms with Crippen LogP contribution in [-0.4, -0.2) is 16.7 Å². The normalized spacial score (nSPS) is 10.8. The first-order chi connectivity index (χ1) is 16.0.